The molecule has 0 amide bonds. The van der Waals surface area contributed by atoms with Gasteiger partial charge in [-0.3, -0.25) is 4.90 Å². The van der Waals surface area contributed by atoms with Crippen molar-refractivity contribution in [2.75, 3.05) is 7.05 Å². The zero-order valence-electron chi connectivity index (χ0n) is 11.9. The van der Waals surface area contributed by atoms with Crippen LogP contribution in [0.15, 0.2) is 0 Å². The fraction of sp³-hybridized carbons (Fsp3) is 0.769. The van der Waals surface area contributed by atoms with Gasteiger partial charge in [-0.2, -0.15) is 0 Å². The van der Waals surface area contributed by atoms with Gasteiger partial charge in [-0.05, 0) is 48.6 Å². The molecule has 0 fully saturated rings. The molecule has 0 bridgehead atoms. The van der Waals surface area contributed by atoms with Crippen molar-refractivity contribution in [3.63, 3.8) is 0 Å². The summed E-state index contributed by atoms with van der Waals surface area (Å²) >= 11 is 0. The van der Waals surface area contributed by atoms with E-state index in [4.69, 9.17) is 4.98 Å². The molecule has 16 heavy (non-hydrogen) atoms. The summed E-state index contributed by atoms with van der Waals surface area (Å²) in [6.07, 6.45) is 0. The van der Waals surface area contributed by atoms with Crippen LogP contribution < -0.4 is 0 Å². The van der Waals surface area contributed by atoms with Crippen LogP contribution in [-0.2, 0) is 12.6 Å². The first-order chi connectivity index (χ1) is 7.19. The molecule has 0 aliphatic rings. The van der Waals surface area contributed by atoms with E-state index in [1.807, 2.05) is 0 Å². The van der Waals surface area contributed by atoms with Crippen molar-refractivity contribution >= 4 is 0 Å². The van der Waals surface area contributed by atoms with E-state index in [9.17, 15) is 0 Å². The highest BCUT2D eigenvalue weighted by Gasteiger charge is 2.32. The number of aromatic nitrogens is 2. The highest BCUT2D eigenvalue weighted by atomic mass is 15.2. The average Bonchev–Trinajstić information content (AvgIpc) is 2.45. The summed E-state index contributed by atoms with van der Waals surface area (Å²) in [6, 6.07) is 0.511. The zero-order chi connectivity index (χ0) is 12.7. The van der Waals surface area contributed by atoms with Gasteiger partial charge in [0, 0.05) is 18.8 Å². The predicted octanol–water partition coefficient (Wildman–Crippen LogP) is 2.61. The van der Waals surface area contributed by atoms with E-state index in [0.29, 0.717) is 6.04 Å². The number of rotatable bonds is 3. The summed E-state index contributed by atoms with van der Waals surface area (Å²) in [5.41, 5.74) is 2.42. The van der Waals surface area contributed by atoms with Crippen molar-refractivity contribution in [2.24, 2.45) is 7.05 Å². The number of nitrogens with zero attached hydrogens (tertiary/aromatic N) is 3. The molecule has 0 saturated heterocycles. The van der Waals surface area contributed by atoms with Crippen LogP contribution in [-0.4, -0.2) is 27.5 Å². The highest BCUT2D eigenvalue weighted by Crippen LogP contribution is 2.29. The maximum atomic E-state index is 4.71. The van der Waals surface area contributed by atoms with E-state index in [-0.39, 0.29) is 5.54 Å². The normalized spacial score (nSPS) is 12.9. The second kappa shape index (κ2) is 4.21. The second-order valence-electron chi connectivity index (χ2n) is 5.42. The molecular weight excluding hydrogens is 198 g/mol. The third-order valence-corrected chi connectivity index (χ3v) is 3.84. The first kappa shape index (κ1) is 13.2. The molecule has 0 aliphatic carbocycles. The minimum absolute atomic E-state index is 0.0235. The van der Waals surface area contributed by atoms with Crippen LogP contribution >= 0.6 is 0 Å². The Morgan fingerprint density at radius 2 is 1.75 bits per heavy atom. The van der Waals surface area contributed by atoms with E-state index in [2.05, 4.69) is 65.1 Å². The quantitative estimate of drug-likeness (QED) is 0.785. The summed E-state index contributed by atoms with van der Waals surface area (Å²) in [5, 5.41) is 0. The van der Waals surface area contributed by atoms with Crippen molar-refractivity contribution in [2.45, 2.75) is 53.1 Å². The van der Waals surface area contributed by atoms with Gasteiger partial charge in [0.1, 0.15) is 5.82 Å². The summed E-state index contributed by atoms with van der Waals surface area (Å²) in [4.78, 5) is 7.07. The van der Waals surface area contributed by atoms with Crippen LogP contribution in [0.5, 0.6) is 0 Å². The van der Waals surface area contributed by atoms with Gasteiger partial charge in [0.25, 0.3) is 0 Å². The van der Waals surface area contributed by atoms with Crippen molar-refractivity contribution in [3.8, 4) is 0 Å². The molecule has 1 heterocycles. The topological polar surface area (TPSA) is 21.1 Å². The van der Waals surface area contributed by atoms with Crippen LogP contribution in [0.1, 0.15) is 44.9 Å². The van der Waals surface area contributed by atoms with E-state index in [1.54, 1.807) is 0 Å². The molecule has 0 N–H and O–H groups in total. The Hall–Kier alpha value is -0.830. The van der Waals surface area contributed by atoms with E-state index in [1.165, 1.54) is 11.4 Å². The molecule has 0 saturated carbocycles. The smallest absolute Gasteiger partial charge is 0.105 e. The fourth-order valence-electron chi connectivity index (χ4n) is 2.11. The molecule has 0 unspecified atom stereocenters. The molecule has 1 aromatic rings. The molecule has 92 valence electrons. The molecule has 1 aromatic heterocycles. The number of aryl methyl sites for hydroxylation is 1. The summed E-state index contributed by atoms with van der Waals surface area (Å²) in [7, 11) is 4.24. The summed E-state index contributed by atoms with van der Waals surface area (Å²) < 4.78 is 2.16. The fourth-order valence-corrected chi connectivity index (χ4v) is 2.11. The first-order valence-corrected chi connectivity index (χ1v) is 5.93. The molecule has 3 nitrogen and oxygen atoms in total. The maximum Gasteiger partial charge on any atom is 0.105 e. The number of imidazole rings is 1. The van der Waals surface area contributed by atoms with Crippen molar-refractivity contribution in [1.82, 2.24) is 14.5 Å². The Kier molecular flexibility index (Phi) is 3.48. The van der Waals surface area contributed by atoms with Gasteiger partial charge < -0.3 is 4.57 Å². The molecule has 1 rings (SSSR count). The summed E-state index contributed by atoms with van der Waals surface area (Å²) in [6.45, 7) is 13.1. The van der Waals surface area contributed by atoms with Crippen LogP contribution in [0.3, 0.4) is 0 Å². The molecule has 0 spiro atoms. The average molecular weight is 223 g/mol. The van der Waals surface area contributed by atoms with Crippen molar-refractivity contribution in [1.29, 1.82) is 0 Å². The van der Waals surface area contributed by atoms with Crippen LogP contribution in [0.2, 0.25) is 0 Å². The van der Waals surface area contributed by atoms with Gasteiger partial charge in [0.15, 0.2) is 0 Å². The Balaban J connectivity index is 3.21. The lowest BCUT2D eigenvalue weighted by atomic mass is 9.95. The van der Waals surface area contributed by atoms with E-state index >= 15 is 0 Å². The molecule has 0 aromatic carbocycles. The van der Waals surface area contributed by atoms with Crippen LogP contribution in [0.4, 0.5) is 0 Å². The highest BCUT2D eigenvalue weighted by molar-refractivity contribution is 5.22. The van der Waals surface area contributed by atoms with Gasteiger partial charge in [0.05, 0.1) is 11.2 Å². The predicted molar refractivity (Wildman–Crippen MR) is 68.6 cm³/mol. The zero-order valence-corrected chi connectivity index (χ0v) is 11.9. The second-order valence-corrected chi connectivity index (χ2v) is 5.42. The number of hydrogen-bond donors (Lipinski definition) is 0. The van der Waals surface area contributed by atoms with Gasteiger partial charge in [0.2, 0.25) is 0 Å². The van der Waals surface area contributed by atoms with Gasteiger partial charge >= 0.3 is 0 Å². The van der Waals surface area contributed by atoms with Crippen molar-refractivity contribution in [3.05, 3.63) is 17.2 Å². The lowest BCUT2D eigenvalue weighted by Gasteiger charge is -2.38. The SMILES string of the molecule is Cc1nc(C(C)(C)N(C)C(C)C)c(C)n1C. The Morgan fingerprint density at radius 1 is 1.25 bits per heavy atom. The maximum absolute atomic E-state index is 4.71. The van der Waals surface area contributed by atoms with E-state index in [0.717, 1.165) is 5.82 Å². The molecule has 0 radical (unpaired) electrons. The van der Waals surface area contributed by atoms with Gasteiger partial charge in [-0.25, -0.2) is 4.98 Å². The third-order valence-electron chi connectivity index (χ3n) is 3.84. The largest absolute Gasteiger partial charge is 0.335 e. The number of hydrogen-bond acceptors (Lipinski definition) is 2. The van der Waals surface area contributed by atoms with Crippen LogP contribution in [0, 0.1) is 13.8 Å². The molecule has 3 heteroatoms. The van der Waals surface area contributed by atoms with Crippen LogP contribution in [0.25, 0.3) is 0 Å². The first-order valence-electron chi connectivity index (χ1n) is 5.93. The van der Waals surface area contributed by atoms with Crippen molar-refractivity contribution < 1.29 is 0 Å². The lowest BCUT2D eigenvalue weighted by Crippen LogP contribution is -2.43. The minimum atomic E-state index is -0.0235. The molecule has 0 aliphatic heterocycles. The summed E-state index contributed by atoms with van der Waals surface area (Å²) in [5.74, 6) is 1.08. The third kappa shape index (κ3) is 2.01. The monoisotopic (exact) mass is 223 g/mol. The van der Waals surface area contributed by atoms with Gasteiger partial charge in [-0.1, -0.05) is 0 Å². The minimum Gasteiger partial charge on any atom is -0.335 e. The molecular formula is C13H25N3. The van der Waals surface area contributed by atoms with E-state index < -0.39 is 0 Å². The Bertz CT molecular complexity index is 375. The Labute approximate surface area is 99.5 Å². The lowest BCUT2D eigenvalue weighted by molar-refractivity contribution is 0.113. The standard InChI is InChI=1S/C13H25N3/c1-9(2)16(8)13(5,6)12-10(3)15(7)11(4)14-12/h9H,1-8H3. The van der Waals surface area contributed by atoms with Gasteiger partial charge in [-0.15, -0.1) is 0 Å². The Morgan fingerprint density at radius 3 is 2.06 bits per heavy atom. The molecule has 0 atom stereocenters.